The van der Waals surface area contributed by atoms with Crippen LogP contribution in [0.2, 0.25) is 0 Å². The molecule has 0 amide bonds. The van der Waals surface area contributed by atoms with Crippen molar-refractivity contribution in [1.82, 2.24) is 19.9 Å². The zero-order valence-electron chi connectivity index (χ0n) is 32.3. The second-order valence-corrected chi connectivity index (χ2v) is 15.3. The number of pyridine rings is 1. The number of hydrogen-bond donors (Lipinski definition) is 0. The monoisotopic (exact) mass is 766 g/mol. The summed E-state index contributed by atoms with van der Waals surface area (Å²) in [5.74, 6) is 3.50. The van der Waals surface area contributed by atoms with Gasteiger partial charge < -0.3 is 4.74 Å². The van der Waals surface area contributed by atoms with Crippen molar-refractivity contribution < 1.29 is 4.74 Å². The van der Waals surface area contributed by atoms with E-state index in [2.05, 4.69) is 170 Å². The summed E-state index contributed by atoms with van der Waals surface area (Å²) in [6, 6.07) is 70.0. The molecule has 1 spiro atoms. The molecule has 0 unspecified atom stereocenters. The van der Waals surface area contributed by atoms with Gasteiger partial charge in [0.05, 0.1) is 10.9 Å². The molecule has 0 radical (unpaired) electrons. The highest BCUT2D eigenvalue weighted by atomic mass is 16.5. The number of para-hydroxylation sites is 2. The standard InChI is InChI=1S/C55H34N4O/c1-3-16-35(17-4-1)37-20-11-21-38(34-37)53-57-52(36-18-5-2-6-19-36)58-54(59-53)42-24-13-29-46-51(42)50-41(39-22-14-30-47-40(39)25-15-33-56-47)23-12-28-45(50)55(46)43-26-7-9-31-48(43)60-49-32-10-8-27-44(49)55/h1-34H. The normalized spacial score (nSPS) is 12.9. The van der Waals surface area contributed by atoms with E-state index in [9.17, 15) is 0 Å². The van der Waals surface area contributed by atoms with Gasteiger partial charge in [0.1, 0.15) is 11.5 Å². The molecule has 2 aromatic heterocycles. The molecule has 0 saturated carbocycles. The van der Waals surface area contributed by atoms with E-state index in [4.69, 9.17) is 24.7 Å². The van der Waals surface area contributed by atoms with Gasteiger partial charge in [-0.05, 0) is 74.8 Å². The fourth-order valence-electron chi connectivity index (χ4n) is 9.55. The first-order valence-electron chi connectivity index (χ1n) is 20.2. The van der Waals surface area contributed by atoms with E-state index in [0.717, 1.165) is 89.2 Å². The second kappa shape index (κ2) is 13.5. The predicted octanol–water partition coefficient (Wildman–Crippen LogP) is 13.2. The predicted molar refractivity (Wildman–Crippen MR) is 240 cm³/mol. The summed E-state index contributed by atoms with van der Waals surface area (Å²) in [5.41, 5.74) is 14.2. The molecule has 5 heteroatoms. The Morgan fingerprint density at radius 3 is 1.60 bits per heavy atom. The van der Waals surface area contributed by atoms with Gasteiger partial charge >= 0.3 is 0 Å². The molecule has 1 aliphatic heterocycles. The van der Waals surface area contributed by atoms with Crippen LogP contribution in [-0.4, -0.2) is 19.9 Å². The van der Waals surface area contributed by atoms with Crippen molar-refractivity contribution in [1.29, 1.82) is 0 Å². The number of benzene rings is 8. The lowest BCUT2D eigenvalue weighted by atomic mass is 9.66. The molecule has 1 aliphatic carbocycles. The van der Waals surface area contributed by atoms with Crippen molar-refractivity contribution in [2.45, 2.75) is 5.41 Å². The van der Waals surface area contributed by atoms with Gasteiger partial charge in [0, 0.05) is 39.4 Å². The molecule has 0 bridgehead atoms. The highest BCUT2D eigenvalue weighted by Crippen LogP contribution is 2.64. The van der Waals surface area contributed by atoms with Crippen LogP contribution in [0.5, 0.6) is 11.5 Å². The van der Waals surface area contributed by atoms with Gasteiger partial charge in [0.15, 0.2) is 17.5 Å². The molecule has 0 saturated heterocycles. The van der Waals surface area contributed by atoms with Gasteiger partial charge in [-0.3, -0.25) is 4.98 Å². The zero-order chi connectivity index (χ0) is 39.6. The minimum atomic E-state index is -0.701. The van der Waals surface area contributed by atoms with E-state index in [1.54, 1.807) is 0 Å². The van der Waals surface area contributed by atoms with Crippen LogP contribution in [0.25, 0.3) is 78.4 Å². The third kappa shape index (κ3) is 5.12. The number of nitrogens with zero attached hydrogens (tertiary/aromatic N) is 4. The van der Waals surface area contributed by atoms with Crippen LogP contribution in [0.15, 0.2) is 206 Å². The van der Waals surface area contributed by atoms with Gasteiger partial charge in [-0.15, -0.1) is 0 Å². The number of fused-ring (bicyclic) bond motifs is 10. The Bertz CT molecular complexity index is 3260. The largest absolute Gasteiger partial charge is 0.457 e. The lowest BCUT2D eigenvalue weighted by Crippen LogP contribution is -2.32. The number of aromatic nitrogens is 4. The fourth-order valence-corrected chi connectivity index (χ4v) is 9.55. The van der Waals surface area contributed by atoms with Crippen molar-refractivity contribution in [2.24, 2.45) is 0 Å². The molecule has 0 N–H and O–H groups in total. The van der Waals surface area contributed by atoms with E-state index >= 15 is 0 Å². The highest BCUT2D eigenvalue weighted by Gasteiger charge is 2.52. The Hall–Kier alpha value is -8.02. The zero-order valence-corrected chi connectivity index (χ0v) is 32.3. The van der Waals surface area contributed by atoms with Crippen LogP contribution in [0, 0.1) is 0 Å². The first kappa shape index (κ1) is 34.1. The van der Waals surface area contributed by atoms with E-state index in [1.165, 1.54) is 5.56 Å². The van der Waals surface area contributed by atoms with Crippen LogP contribution in [0.4, 0.5) is 0 Å². The van der Waals surface area contributed by atoms with Crippen molar-refractivity contribution in [2.75, 3.05) is 0 Å². The van der Waals surface area contributed by atoms with E-state index in [1.807, 2.05) is 36.5 Å². The van der Waals surface area contributed by atoms with Crippen LogP contribution in [0.3, 0.4) is 0 Å². The molecule has 12 rings (SSSR count). The van der Waals surface area contributed by atoms with Crippen LogP contribution >= 0.6 is 0 Å². The maximum Gasteiger partial charge on any atom is 0.164 e. The first-order valence-corrected chi connectivity index (χ1v) is 20.2. The minimum Gasteiger partial charge on any atom is -0.457 e. The van der Waals surface area contributed by atoms with Gasteiger partial charge in [0.25, 0.3) is 0 Å². The Morgan fingerprint density at radius 1 is 0.350 bits per heavy atom. The summed E-state index contributed by atoms with van der Waals surface area (Å²) < 4.78 is 6.71. The Kier molecular flexibility index (Phi) is 7.69. The third-order valence-corrected chi connectivity index (χ3v) is 12.1. The lowest BCUT2D eigenvalue weighted by Gasteiger charge is -2.39. The molecule has 10 aromatic rings. The van der Waals surface area contributed by atoms with Crippen molar-refractivity contribution in [3.63, 3.8) is 0 Å². The van der Waals surface area contributed by atoms with E-state index in [0.29, 0.717) is 17.5 Å². The van der Waals surface area contributed by atoms with Gasteiger partial charge in [-0.1, -0.05) is 170 Å². The summed E-state index contributed by atoms with van der Waals surface area (Å²) in [6.45, 7) is 0. The number of rotatable bonds is 5. The van der Waals surface area contributed by atoms with E-state index in [-0.39, 0.29) is 0 Å². The lowest BCUT2D eigenvalue weighted by molar-refractivity contribution is 0.436. The second-order valence-electron chi connectivity index (χ2n) is 15.3. The summed E-state index contributed by atoms with van der Waals surface area (Å²) in [4.78, 5) is 20.7. The van der Waals surface area contributed by atoms with Gasteiger partial charge in [-0.2, -0.15) is 0 Å². The molecule has 0 atom stereocenters. The summed E-state index contributed by atoms with van der Waals surface area (Å²) in [6.07, 6.45) is 1.86. The first-order chi connectivity index (χ1) is 29.8. The molecule has 2 aliphatic rings. The van der Waals surface area contributed by atoms with Crippen molar-refractivity contribution in [3.8, 4) is 79.0 Å². The van der Waals surface area contributed by atoms with Crippen LogP contribution < -0.4 is 4.74 Å². The molecule has 3 heterocycles. The molecular formula is C55H34N4O. The van der Waals surface area contributed by atoms with Crippen LogP contribution in [0.1, 0.15) is 22.3 Å². The average molecular weight is 767 g/mol. The molecule has 60 heavy (non-hydrogen) atoms. The highest BCUT2D eigenvalue weighted by molar-refractivity contribution is 6.06. The quantitative estimate of drug-likeness (QED) is 0.175. The van der Waals surface area contributed by atoms with Gasteiger partial charge in [-0.25, -0.2) is 15.0 Å². The number of hydrogen-bond acceptors (Lipinski definition) is 5. The Balaban J connectivity index is 1.19. The molecule has 8 aromatic carbocycles. The molecular weight excluding hydrogens is 733 g/mol. The summed E-state index contributed by atoms with van der Waals surface area (Å²) >= 11 is 0. The molecule has 5 nitrogen and oxygen atoms in total. The minimum absolute atomic E-state index is 0.604. The molecule has 280 valence electrons. The van der Waals surface area contributed by atoms with Gasteiger partial charge in [0.2, 0.25) is 0 Å². The van der Waals surface area contributed by atoms with Crippen LogP contribution in [-0.2, 0) is 5.41 Å². The average Bonchev–Trinajstić information content (AvgIpc) is 3.63. The fraction of sp³-hybridized carbons (Fsp3) is 0.0182. The number of ether oxygens (including phenoxy) is 1. The SMILES string of the molecule is c1ccc(-c2cccc(-c3nc(-c4ccccc4)nc(-c4cccc5c4-c4c(-c6cccc7ncccc67)cccc4C54c5ccccc5Oc5ccccc54)n3)c2)cc1. The maximum absolute atomic E-state index is 6.71. The Morgan fingerprint density at radius 2 is 0.867 bits per heavy atom. The maximum atomic E-state index is 6.71. The molecule has 0 fully saturated rings. The van der Waals surface area contributed by atoms with Crippen molar-refractivity contribution in [3.05, 3.63) is 229 Å². The smallest absolute Gasteiger partial charge is 0.164 e. The summed E-state index contributed by atoms with van der Waals surface area (Å²) in [5, 5.41) is 1.09. The summed E-state index contributed by atoms with van der Waals surface area (Å²) in [7, 11) is 0. The topological polar surface area (TPSA) is 60.8 Å². The Labute approximate surface area is 347 Å². The van der Waals surface area contributed by atoms with Crippen molar-refractivity contribution >= 4 is 10.9 Å². The third-order valence-electron chi connectivity index (χ3n) is 12.1. The van der Waals surface area contributed by atoms with E-state index < -0.39 is 5.41 Å².